The number of anilines is 1. The molecule has 1 saturated carbocycles. The zero-order valence-corrected chi connectivity index (χ0v) is 12.7. The fraction of sp³-hybridized carbons (Fsp3) is 0.222. The lowest BCUT2D eigenvalue weighted by Gasteiger charge is -2.19. The Morgan fingerprint density at radius 2 is 1.95 bits per heavy atom. The molecular weight excluding hydrogens is 296 g/mol. The summed E-state index contributed by atoms with van der Waals surface area (Å²) >= 11 is 5.90. The van der Waals surface area contributed by atoms with Crippen molar-refractivity contribution in [3.05, 3.63) is 70.5 Å². The summed E-state index contributed by atoms with van der Waals surface area (Å²) in [4.78, 5) is 16.1. The van der Waals surface area contributed by atoms with Crippen LogP contribution in [0.5, 0.6) is 0 Å². The Morgan fingerprint density at radius 3 is 2.59 bits per heavy atom. The summed E-state index contributed by atoms with van der Waals surface area (Å²) in [5, 5.41) is 3.94. The maximum Gasteiger partial charge on any atom is 0.187 e. The van der Waals surface area contributed by atoms with Gasteiger partial charge >= 0.3 is 0 Å². The van der Waals surface area contributed by atoms with Gasteiger partial charge in [0, 0.05) is 16.6 Å². The first-order valence-corrected chi connectivity index (χ1v) is 7.58. The number of hydrogen-bond acceptors (Lipinski definition) is 2. The van der Waals surface area contributed by atoms with Crippen LogP contribution in [0.3, 0.4) is 0 Å². The van der Waals surface area contributed by atoms with Gasteiger partial charge in [0.1, 0.15) is 6.04 Å². The summed E-state index contributed by atoms with van der Waals surface area (Å²) in [6.45, 7) is 7.14. The van der Waals surface area contributed by atoms with Crippen LogP contribution in [0.4, 0.5) is 11.4 Å². The molecule has 1 atom stereocenters. The maximum absolute atomic E-state index is 12.6. The second-order valence-electron chi connectivity index (χ2n) is 5.47. The molecule has 110 valence electrons. The number of hydrogen-bond donors (Lipinski definition) is 1. The van der Waals surface area contributed by atoms with Gasteiger partial charge in [0.2, 0.25) is 0 Å². The monoisotopic (exact) mass is 310 g/mol. The summed E-state index contributed by atoms with van der Waals surface area (Å²) in [7, 11) is 0. The van der Waals surface area contributed by atoms with E-state index in [1.54, 1.807) is 24.3 Å². The van der Waals surface area contributed by atoms with Crippen LogP contribution >= 0.6 is 11.6 Å². The molecule has 2 aromatic carbocycles. The van der Waals surface area contributed by atoms with Crippen LogP contribution in [0.15, 0.2) is 48.5 Å². The quantitative estimate of drug-likeness (QED) is 0.786. The summed E-state index contributed by atoms with van der Waals surface area (Å²) in [5.74, 6) is 0.332. The van der Waals surface area contributed by atoms with E-state index in [-0.39, 0.29) is 11.7 Å². The highest BCUT2D eigenvalue weighted by atomic mass is 35.5. The summed E-state index contributed by atoms with van der Waals surface area (Å²) in [5.41, 5.74) is 2.22. The van der Waals surface area contributed by atoms with Crippen LogP contribution in [-0.2, 0) is 4.79 Å². The van der Waals surface area contributed by atoms with Crippen molar-refractivity contribution in [1.82, 2.24) is 0 Å². The van der Waals surface area contributed by atoms with E-state index in [9.17, 15) is 4.79 Å². The number of nitrogens with zero attached hydrogens (tertiary/aromatic N) is 1. The molecule has 0 aliphatic heterocycles. The normalized spacial score (nSPS) is 14.9. The lowest BCUT2D eigenvalue weighted by atomic mass is 9.99. The molecular formula is C18H15ClN2O. The van der Waals surface area contributed by atoms with Gasteiger partial charge in [0.25, 0.3) is 0 Å². The topological polar surface area (TPSA) is 33.5 Å². The molecule has 0 amide bonds. The fourth-order valence-electron chi connectivity index (χ4n) is 2.41. The Labute approximate surface area is 134 Å². The van der Waals surface area contributed by atoms with Crippen LogP contribution in [0.1, 0.15) is 24.4 Å². The molecule has 1 aliphatic rings. The van der Waals surface area contributed by atoms with Crippen molar-refractivity contribution in [2.24, 2.45) is 5.92 Å². The van der Waals surface area contributed by atoms with Crippen molar-refractivity contribution >= 4 is 28.8 Å². The van der Waals surface area contributed by atoms with Crippen LogP contribution in [0.25, 0.3) is 4.85 Å². The lowest BCUT2D eigenvalue weighted by Crippen LogP contribution is -2.22. The molecule has 1 fully saturated rings. The second-order valence-corrected chi connectivity index (χ2v) is 5.90. The van der Waals surface area contributed by atoms with Gasteiger partial charge in [0.15, 0.2) is 11.5 Å². The number of carbonyl (C=O) groups excluding carboxylic acids is 1. The highest BCUT2D eigenvalue weighted by Crippen LogP contribution is 2.36. The summed E-state index contributed by atoms with van der Waals surface area (Å²) < 4.78 is 0. The number of carbonyl (C=O) groups is 1. The van der Waals surface area contributed by atoms with Gasteiger partial charge in [-0.3, -0.25) is 4.79 Å². The predicted octanol–water partition coefficient (Wildman–Crippen LogP) is 5.02. The SMILES string of the molecule is [C-]#[N+]c1cccc(C(Nc2ccc(Cl)cc2)C(=O)C2CC2)c1. The molecule has 2 aromatic rings. The Morgan fingerprint density at radius 1 is 1.23 bits per heavy atom. The largest absolute Gasteiger partial charge is 0.372 e. The molecule has 0 aromatic heterocycles. The summed E-state index contributed by atoms with van der Waals surface area (Å²) in [6, 6.07) is 14.1. The third-order valence-electron chi connectivity index (χ3n) is 3.75. The van der Waals surface area contributed by atoms with Crippen LogP contribution in [-0.4, -0.2) is 5.78 Å². The first kappa shape index (κ1) is 14.6. The summed E-state index contributed by atoms with van der Waals surface area (Å²) in [6.07, 6.45) is 1.92. The zero-order chi connectivity index (χ0) is 15.5. The Hall–Kier alpha value is -2.31. The molecule has 3 nitrogen and oxygen atoms in total. The van der Waals surface area contributed by atoms with E-state index in [4.69, 9.17) is 18.2 Å². The molecule has 0 spiro atoms. The molecule has 3 rings (SSSR count). The van der Waals surface area contributed by atoms with Gasteiger partial charge in [-0.1, -0.05) is 35.9 Å². The van der Waals surface area contributed by atoms with E-state index in [1.165, 1.54) is 0 Å². The van der Waals surface area contributed by atoms with Gasteiger partial charge in [-0.25, -0.2) is 4.85 Å². The smallest absolute Gasteiger partial charge is 0.187 e. The molecule has 4 heteroatoms. The van der Waals surface area contributed by atoms with Crippen molar-refractivity contribution in [3.8, 4) is 0 Å². The van der Waals surface area contributed by atoms with Crippen LogP contribution in [0, 0.1) is 12.5 Å². The van der Waals surface area contributed by atoms with Gasteiger partial charge < -0.3 is 5.32 Å². The molecule has 22 heavy (non-hydrogen) atoms. The first-order valence-electron chi connectivity index (χ1n) is 7.20. The van der Waals surface area contributed by atoms with Crippen molar-refractivity contribution in [2.75, 3.05) is 5.32 Å². The highest BCUT2D eigenvalue weighted by Gasteiger charge is 2.35. The third-order valence-corrected chi connectivity index (χ3v) is 4.00. The molecule has 1 unspecified atom stereocenters. The number of halogens is 1. The van der Waals surface area contributed by atoms with E-state index >= 15 is 0 Å². The van der Waals surface area contributed by atoms with Gasteiger partial charge in [-0.05, 0) is 42.7 Å². The minimum Gasteiger partial charge on any atom is -0.372 e. The number of rotatable bonds is 5. The van der Waals surface area contributed by atoms with Gasteiger partial charge in [-0.2, -0.15) is 0 Å². The van der Waals surface area contributed by atoms with E-state index in [2.05, 4.69) is 10.2 Å². The fourth-order valence-corrected chi connectivity index (χ4v) is 2.53. The number of ketones is 1. The van der Waals surface area contributed by atoms with E-state index in [0.29, 0.717) is 10.7 Å². The van der Waals surface area contributed by atoms with E-state index in [1.807, 2.05) is 24.3 Å². The van der Waals surface area contributed by atoms with E-state index < -0.39 is 6.04 Å². The average molecular weight is 311 g/mol. The predicted molar refractivity (Wildman–Crippen MR) is 88.3 cm³/mol. The Kier molecular flexibility index (Phi) is 4.13. The van der Waals surface area contributed by atoms with E-state index in [0.717, 1.165) is 24.1 Å². The molecule has 0 heterocycles. The Bertz CT molecular complexity index is 729. The van der Waals surface area contributed by atoms with Gasteiger partial charge in [0.05, 0.1) is 6.57 Å². The molecule has 0 radical (unpaired) electrons. The number of Topliss-reactive ketones (excluding diaryl/α,β-unsaturated/α-hetero) is 1. The molecule has 0 saturated heterocycles. The van der Waals surface area contributed by atoms with Crippen molar-refractivity contribution < 1.29 is 4.79 Å². The van der Waals surface area contributed by atoms with Gasteiger partial charge in [-0.15, -0.1) is 0 Å². The molecule has 1 aliphatic carbocycles. The number of nitrogens with one attached hydrogen (secondary N) is 1. The minimum absolute atomic E-state index is 0.140. The Balaban J connectivity index is 1.91. The average Bonchev–Trinajstić information content (AvgIpc) is 3.38. The third kappa shape index (κ3) is 3.29. The molecule has 1 N–H and O–H groups in total. The van der Waals surface area contributed by atoms with Crippen LogP contribution in [0.2, 0.25) is 5.02 Å². The van der Waals surface area contributed by atoms with Crippen LogP contribution < -0.4 is 5.32 Å². The minimum atomic E-state index is -0.421. The van der Waals surface area contributed by atoms with Crippen molar-refractivity contribution in [1.29, 1.82) is 0 Å². The van der Waals surface area contributed by atoms with Crippen molar-refractivity contribution in [3.63, 3.8) is 0 Å². The number of benzene rings is 2. The second kappa shape index (κ2) is 6.21. The lowest BCUT2D eigenvalue weighted by molar-refractivity contribution is -0.121. The zero-order valence-electron chi connectivity index (χ0n) is 11.9. The highest BCUT2D eigenvalue weighted by molar-refractivity contribution is 6.30. The molecule has 0 bridgehead atoms. The van der Waals surface area contributed by atoms with Crippen molar-refractivity contribution in [2.45, 2.75) is 18.9 Å². The maximum atomic E-state index is 12.6. The first-order chi connectivity index (χ1) is 10.7. The standard InChI is InChI=1S/C18H15ClN2O/c1-20-16-4-2-3-13(11-16)17(18(22)12-5-6-12)21-15-9-7-14(19)8-10-15/h2-4,7-12,17,21H,5-6H2.